The molecule has 1 unspecified atom stereocenters. The Morgan fingerprint density at radius 3 is 2.53 bits per heavy atom. The minimum Gasteiger partial charge on any atom is -0.375 e. The quantitative estimate of drug-likeness (QED) is 0.832. The molecule has 0 bridgehead atoms. The highest BCUT2D eigenvalue weighted by Crippen LogP contribution is 2.11. The Hall–Kier alpha value is -0.910. The fourth-order valence-corrected chi connectivity index (χ4v) is 1.23. The van der Waals surface area contributed by atoms with Gasteiger partial charge >= 0.3 is 0 Å². The number of hydrogen-bond acceptors (Lipinski definition) is 3. The second kappa shape index (κ2) is 5.85. The Labute approximate surface area is 96.7 Å². The molecule has 15 heavy (non-hydrogen) atoms. The molecule has 0 saturated heterocycles. The van der Waals surface area contributed by atoms with Gasteiger partial charge in [-0.15, -0.1) is 0 Å². The van der Waals surface area contributed by atoms with Crippen LogP contribution in [0.25, 0.3) is 0 Å². The van der Waals surface area contributed by atoms with E-state index in [1.54, 1.807) is 0 Å². The van der Waals surface area contributed by atoms with Crippen molar-refractivity contribution in [2.75, 3.05) is 6.61 Å². The van der Waals surface area contributed by atoms with Crippen molar-refractivity contribution in [2.45, 2.75) is 12.6 Å². The third-order valence-electron chi connectivity index (χ3n) is 1.84. The molecular formula is C10H13BrN2O2. The molecule has 82 valence electrons. The summed E-state index contributed by atoms with van der Waals surface area (Å²) in [6.45, 7) is 0.569. The molecule has 0 saturated carbocycles. The van der Waals surface area contributed by atoms with Gasteiger partial charge in [0.05, 0.1) is 13.2 Å². The number of carbonyl (C=O) groups excluding carboxylic acids is 1. The number of primary amides is 1. The average molecular weight is 273 g/mol. The number of carbonyl (C=O) groups is 1. The lowest BCUT2D eigenvalue weighted by Crippen LogP contribution is -2.40. The number of halogens is 1. The molecule has 1 aromatic rings. The van der Waals surface area contributed by atoms with Crippen molar-refractivity contribution in [1.29, 1.82) is 0 Å². The molecular weight excluding hydrogens is 260 g/mol. The second-order valence-corrected chi connectivity index (χ2v) is 4.07. The van der Waals surface area contributed by atoms with E-state index in [9.17, 15) is 4.79 Å². The Morgan fingerprint density at radius 1 is 1.40 bits per heavy atom. The largest absolute Gasteiger partial charge is 0.375 e. The molecule has 1 atom stereocenters. The molecule has 1 aromatic carbocycles. The zero-order valence-corrected chi connectivity index (χ0v) is 9.74. The van der Waals surface area contributed by atoms with Gasteiger partial charge in [-0.25, -0.2) is 0 Å². The van der Waals surface area contributed by atoms with Crippen molar-refractivity contribution in [3.8, 4) is 0 Å². The molecule has 0 aliphatic heterocycles. The van der Waals surface area contributed by atoms with Gasteiger partial charge in [-0.2, -0.15) is 0 Å². The van der Waals surface area contributed by atoms with Gasteiger partial charge in [0.15, 0.2) is 0 Å². The highest BCUT2D eigenvalue weighted by atomic mass is 79.9. The van der Waals surface area contributed by atoms with E-state index >= 15 is 0 Å². The summed E-state index contributed by atoms with van der Waals surface area (Å²) in [4.78, 5) is 10.6. The van der Waals surface area contributed by atoms with Gasteiger partial charge in [0.2, 0.25) is 5.91 Å². The minimum absolute atomic E-state index is 0.144. The van der Waals surface area contributed by atoms with Gasteiger partial charge in [-0.05, 0) is 17.7 Å². The molecule has 0 aromatic heterocycles. The SMILES string of the molecule is NC(=O)C(N)COCc1ccc(Br)cc1. The van der Waals surface area contributed by atoms with Crippen LogP contribution in [0.3, 0.4) is 0 Å². The molecule has 1 rings (SSSR count). The van der Waals surface area contributed by atoms with E-state index in [1.165, 1.54) is 0 Å². The Balaban J connectivity index is 2.32. The highest BCUT2D eigenvalue weighted by molar-refractivity contribution is 9.10. The topological polar surface area (TPSA) is 78.3 Å². The number of nitrogens with two attached hydrogens (primary N) is 2. The van der Waals surface area contributed by atoms with Crippen molar-refractivity contribution in [1.82, 2.24) is 0 Å². The molecule has 0 heterocycles. The summed E-state index contributed by atoms with van der Waals surface area (Å²) in [5.41, 5.74) is 11.4. The number of benzene rings is 1. The first-order valence-electron chi connectivity index (χ1n) is 4.46. The molecule has 0 spiro atoms. The van der Waals surface area contributed by atoms with Crippen LogP contribution in [0.5, 0.6) is 0 Å². The van der Waals surface area contributed by atoms with Gasteiger partial charge in [-0.3, -0.25) is 4.79 Å². The zero-order chi connectivity index (χ0) is 11.3. The summed E-state index contributed by atoms with van der Waals surface area (Å²) < 4.78 is 6.26. The molecule has 1 amide bonds. The summed E-state index contributed by atoms with van der Waals surface area (Å²) in [5.74, 6) is -0.550. The van der Waals surface area contributed by atoms with Crippen molar-refractivity contribution >= 4 is 21.8 Å². The van der Waals surface area contributed by atoms with Crippen LogP contribution in [0.4, 0.5) is 0 Å². The lowest BCUT2D eigenvalue weighted by molar-refractivity contribution is -0.120. The van der Waals surface area contributed by atoms with Gasteiger partial charge in [0, 0.05) is 4.47 Å². The fraction of sp³-hybridized carbons (Fsp3) is 0.300. The molecule has 0 fully saturated rings. The molecule has 0 aliphatic carbocycles. The maximum absolute atomic E-state index is 10.6. The summed E-state index contributed by atoms with van der Waals surface area (Å²) in [6, 6.07) is 6.97. The predicted molar refractivity (Wildman–Crippen MR) is 61.0 cm³/mol. The van der Waals surface area contributed by atoms with E-state index in [0.29, 0.717) is 6.61 Å². The lowest BCUT2D eigenvalue weighted by atomic mass is 10.2. The van der Waals surface area contributed by atoms with Crippen LogP contribution in [0, 0.1) is 0 Å². The van der Waals surface area contributed by atoms with Crippen LogP contribution in [0.1, 0.15) is 5.56 Å². The van der Waals surface area contributed by atoms with Gasteiger partial charge in [0.25, 0.3) is 0 Å². The lowest BCUT2D eigenvalue weighted by Gasteiger charge is -2.08. The van der Waals surface area contributed by atoms with Gasteiger partial charge in [0.1, 0.15) is 6.04 Å². The Morgan fingerprint density at radius 2 is 2.00 bits per heavy atom. The molecule has 5 heteroatoms. The minimum atomic E-state index is -0.736. The highest BCUT2D eigenvalue weighted by Gasteiger charge is 2.08. The van der Waals surface area contributed by atoms with Gasteiger partial charge in [-0.1, -0.05) is 28.1 Å². The van der Waals surface area contributed by atoms with Crippen LogP contribution in [0.15, 0.2) is 28.7 Å². The van der Waals surface area contributed by atoms with Crippen LogP contribution < -0.4 is 11.5 Å². The second-order valence-electron chi connectivity index (χ2n) is 3.15. The predicted octanol–water partition coefficient (Wildman–Crippen LogP) is 0.778. The first-order chi connectivity index (χ1) is 7.09. The summed E-state index contributed by atoms with van der Waals surface area (Å²) in [7, 11) is 0. The maximum Gasteiger partial charge on any atom is 0.236 e. The van der Waals surface area contributed by atoms with Gasteiger partial charge < -0.3 is 16.2 Å². The molecule has 4 nitrogen and oxygen atoms in total. The van der Waals surface area contributed by atoms with E-state index in [1.807, 2.05) is 24.3 Å². The van der Waals surface area contributed by atoms with Crippen LogP contribution in [0.2, 0.25) is 0 Å². The number of ether oxygens (including phenoxy) is 1. The normalized spacial score (nSPS) is 12.4. The third-order valence-corrected chi connectivity index (χ3v) is 2.37. The fourth-order valence-electron chi connectivity index (χ4n) is 0.967. The summed E-state index contributed by atoms with van der Waals surface area (Å²) in [6.07, 6.45) is 0. The van der Waals surface area contributed by atoms with Crippen molar-refractivity contribution in [2.24, 2.45) is 11.5 Å². The first kappa shape index (κ1) is 12.2. The van der Waals surface area contributed by atoms with Crippen LogP contribution >= 0.6 is 15.9 Å². The Bertz CT molecular complexity index is 327. The average Bonchev–Trinajstić information content (AvgIpc) is 2.20. The third kappa shape index (κ3) is 4.42. The van der Waals surface area contributed by atoms with Crippen LogP contribution in [-0.4, -0.2) is 18.6 Å². The maximum atomic E-state index is 10.6. The molecule has 0 aliphatic rings. The smallest absolute Gasteiger partial charge is 0.236 e. The van der Waals surface area contributed by atoms with Crippen LogP contribution in [-0.2, 0) is 16.1 Å². The number of rotatable bonds is 5. The summed E-state index contributed by atoms with van der Waals surface area (Å²) in [5, 5.41) is 0. The summed E-state index contributed by atoms with van der Waals surface area (Å²) >= 11 is 3.33. The van der Waals surface area contributed by atoms with E-state index < -0.39 is 11.9 Å². The first-order valence-corrected chi connectivity index (χ1v) is 5.26. The number of hydrogen-bond donors (Lipinski definition) is 2. The molecule has 0 radical (unpaired) electrons. The monoisotopic (exact) mass is 272 g/mol. The number of amides is 1. The van der Waals surface area contributed by atoms with Crippen molar-refractivity contribution < 1.29 is 9.53 Å². The van der Waals surface area contributed by atoms with Crippen molar-refractivity contribution in [3.05, 3.63) is 34.3 Å². The standard InChI is InChI=1S/C10H13BrN2O2/c11-8-3-1-7(2-4-8)5-15-6-9(12)10(13)14/h1-4,9H,5-6,12H2,(H2,13,14). The molecule has 4 N–H and O–H groups in total. The van der Waals surface area contributed by atoms with E-state index in [2.05, 4.69) is 15.9 Å². The van der Waals surface area contributed by atoms with Crippen molar-refractivity contribution in [3.63, 3.8) is 0 Å². The van der Waals surface area contributed by atoms with E-state index in [0.717, 1.165) is 10.0 Å². The zero-order valence-electron chi connectivity index (χ0n) is 8.15. The Kier molecular flexibility index (Phi) is 4.74. The van der Waals surface area contributed by atoms with E-state index in [-0.39, 0.29) is 6.61 Å². The van der Waals surface area contributed by atoms with E-state index in [4.69, 9.17) is 16.2 Å².